The summed E-state index contributed by atoms with van der Waals surface area (Å²) in [5.74, 6) is 6.28. The summed E-state index contributed by atoms with van der Waals surface area (Å²) < 4.78 is 17.3. The van der Waals surface area contributed by atoms with Crippen LogP contribution in [0.4, 0.5) is 0 Å². The van der Waals surface area contributed by atoms with E-state index in [0.29, 0.717) is 0 Å². The first-order valence-electron chi connectivity index (χ1n) is 5.02. The molecular weight excluding hydrogens is 235 g/mol. The molecule has 0 heterocycles. The fourth-order valence-electron chi connectivity index (χ4n) is 1.23. The van der Waals surface area contributed by atoms with Crippen molar-refractivity contribution in [2.75, 3.05) is 12.8 Å². The second-order valence-corrected chi connectivity index (χ2v) is 7.14. The highest BCUT2D eigenvalue weighted by molar-refractivity contribution is 7.66. The van der Waals surface area contributed by atoms with Crippen LogP contribution in [0.5, 0.6) is 0 Å². The molecule has 0 aliphatic carbocycles. The number of carbonyl (C=O) groups is 1. The van der Waals surface area contributed by atoms with E-state index in [1.54, 1.807) is 13.8 Å². The van der Waals surface area contributed by atoms with Crippen LogP contribution < -0.4 is 0 Å². The molecule has 0 aromatic heterocycles. The minimum absolute atomic E-state index is 0.145. The van der Waals surface area contributed by atoms with E-state index in [1.807, 2.05) is 0 Å². The van der Waals surface area contributed by atoms with Gasteiger partial charge in [0.15, 0.2) is 6.61 Å². The van der Waals surface area contributed by atoms with Crippen LogP contribution in [0.1, 0.15) is 13.8 Å². The molecular formula is C13H15O3P. The maximum Gasteiger partial charge on any atom is 0.314 e. The molecule has 0 aliphatic rings. The van der Waals surface area contributed by atoms with Crippen molar-refractivity contribution in [2.45, 2.75) is 25.2 Å². The molecule has 0 aliphatic heterocycles. The molecule has 2 unspecified atom stereocenters. The van der Waals surface area contributed by atoms with Gasteiger partial charge < -0.3 is 9.30 Å². The van der Waals surface area contributed by atoms with Gasteiger partial charge in [-0.3, -0.25) is 4.79 Å². The fraction of sp³-hybridized carbons (Fsp3) is 0.462. The van der Waals surface area contributed by atoms with Crippen LogP contribution in [0.3, 0.4) is 0 Å². The Morgan fingerprint density at radius 1 is 1.24 bits per heavy atom. The van der Waals surface area contributed by atoms with Gasteiger partial charge in [0.05, 0.1) is 11.3 Å². The quantitative estimate of drug-likeness (QED) is 0.422. The average Bonchev–Trinajstić information content (AvgIpc) is 2.33. The van der Waals surface area contributed by atoms with E-state index in [-0.39, 0.29) is 12.8 Å². The first kappa shape index (κ1) is 15.4. The molecule has 0 spiro atoms. The fourth-order valence-corrected chi connectivity index (χ4v) is 3.45. The van der Waals surface area contributed by atoms with Crippen LogP contribution in [0.15, 0.2) is 0 Å². The summed E-state index contributed by atoms with van der Waals surface area (Å²) in [5, 5.41) is 0. The Morgan fingerprint density at radius 3 is 2.06 bits per heavy atom. The summed E-state index contributed by atoms with van der Waals surface area (Å²) in [4.78, 5) is 11.4. The van der Waals surface area contributed by atoms with Crippen LogP contribution in [0.2, 0.25) is 0 Å². The smallest absolute Gasteiger partial charge is 0.314 e. The molecule has 0 amide bonds. The molecule has 2 atom stereocenters. The molecule has 0 aromatic carbocycles. The molecule has 0 rings (SSSR count). The van der Waals surface area contributed by atoms with E-state index in [4.69, 9.17) is 24.0 Å². The lowest BCUT2D eigenvalue weighted by molar-refractivity contribution is -0.139. The SMILES string of the molecule is C#CCOC(=O)CP(=O)(C(C)C#C)C(C)C#C. The summed E-state index contributed by atoms with van der Waals surface area (Å²) in [6.45, 7) is 3.08. The van der Waals surface area contributed by atoms with Gasteiger partial charge in [0.2, 0.25) is 0 Å². The lowest BCUT2D eigenvalue weighted by atomic mass is 10.5. The highest BCUT2D eigenvalue weighted by Crippen LogP contribution is 2.54. The van der Waals surface area contributed by atoms with Crippen molar-refractivity contribution >= 4 is 13.1 Å². The van der Waals surface area contributed by atoms with Gasteiger partial charge in [0.1, 0.15) is 13.3 Å². The van der Waals surface area contributed by atoms with Crippen LogP contribution >= 0.6 is 7.14 Å². The van der Waals surface area contributed by atoms with Gasteiger partial charge in [-0.25, -0.2) is 0 Å². The van der Waals surface area contributed by atoms with Crippen molar-refractivity contribution in [3.63, 3.8) is 0 Å². The number of esters is 1. The minimum atomic E-state index is -3.01. The highest BCUT2D eigenvalue weighted by Gasteiger charge is 2.36. The third-order valence-electron chi connectivity index (χ3n) is 2.49. The van der Waals surface area contributed by atoms with Crippen molar-refractivity contribution in [3.8, 4) is 37.0 Å². The predicted octanol–water partition coefficient (Wildman–Crippen LogP) is 1.57. The second kappa shape index (κ2) is 6.85. The zero-order valence-electron chi connectivity index (χ0n) is 9.97. The van der Waals surface area contributed by atoms with Gasteiger partial charge in [-0.05, 0) is 13.8 Å². The largest absolute Gasteiger partial charge is 0.452 e. The molecule has 4 heteroatoms. The molecule has 0 aromatic rings. The van der Waals surface area contributed by atoms with E-state index in [2.05, 4.69) is 17.8 Å². The van der Waals surface area contributed by atoms with Crippen LogP contribution in [0.25, 0.3) is 0 Å². The van der Waals surface area contributed by atoms with Gasteiger partial charge >= 0.3 is 5.97 Å². The summed E-state index contributed by atoms with van der Waals surface area (Å²) in [7, 11) is -3.01. The normalized spacial score (nSPS) is 16.4. The minimum Gasteiger partial charge on any atom is -0.452 e. The standard InChI is InChI=1S/C13H15O3P/c1-6-9-16-13(14)10-17(15,11(4)7-2)12(5)8-3/h1-3,11-12H,9-10H2,4-5H3. The predicted molar refractivity (Wildman–Crippen MR) is 68.9 cm³/mol. The van der Waals surface area contributed by atoms with Crippen LogP contribution in [-0.2, 0) is 14.1 Å². The number of ether oxygens (including phenoxy) is 1. The average molecular weight is 250 g/mol. The van der Waals surface area contributed by atoms with Crippen molar-refractivity contribution in [1.29, 1.82) is 0 Å². The molecule has 3 nitrogen and oxygen atoms in total. The number of terminal acetylenes is 3. The Hall–Kier alpha value is -1.62. The second-order valence-electron chi connectivity index (χ2n) is 3.56. The topological polar surface area (TPSA) is 43.4 Å². The zero-order valence-corrected chi connectivity index (χ0v) is 10.9. The van der Waals surface area contributed by atoms with E-state index < -0.39 is 24.4 Å². The Labute approximate surface area is 103 Å². The van der Waals surface area contributed by atoms with Gasteiger partial charge in [0, 0.05) is 0 Å². The molecule has 0 saturated heterocycles. The van der Waals surface area contributed by atoms with Gasteiger partial charge in [-0.2, -0.15) is 0 Å². The van der Waals surface area contributed by atoms with Crippen molar-refractivity contribution in [2.24, 2.45) is 0 Å². The maximum atomic E-state index is 12.6. The van der Waals surface area contributed by atoms with Gasteiger partial charge in [-0.15, -0.1) is 19.3 Å². The molecule has 0 radical (unpaired) electrons. The van der Waals surface area contributed by atoms with Crippen LogP contribution in [-0.4, -0.2) is 30.1 Å². The van der Waals surface area contributed by atoms with E-state index in [0.717, 1.165) is 0 Å². The summed E-state index contributed by atoms with van der Waals surface area (Å²) in [6, 6.07) is 0. The highest BCUT2D eigenvalue weighted by atomic mass is 31.2. The first-order valence-corrected chi connectivity index (χ1v) is 7.05. The van der Waals surface area contributed by atoms with Crippen molar-refractivity contribution < 1.29 is 14.1 Å². The van der Waals surface area contributed by atoms with Crippen molar-refractivity contribution in [1.82, 2.24) is 0 Å². The Balaban J connectivity index is 4.95. The number of hydrogen-bond acceptors (Lipinski definition) is 3. The number of rotatable bonds is 5. The molecule has 0 saturated carbocycles. The Morgan fingerprint density at radius 2 is 1.71 bits per heavy atom. The third-order valence-corrected chi connectivity index (χ3v) is 6.16. The van der Waals surface area contributed by atoms with E-state index >= 15 is 0 Å². The molecule has 0 N–H and O–H groups in total. The third kappa shape index (κ3) is 4.03. The van der Waals surface area contributed by atoms with E-state index in [9.17, 15) is 9.36 Å². The zero-order chi connectivity index (χ0) is 13.5. The Bertz CT molecular complexity index is 421. The summed E-state index contributed by atoms with van der Waals surface area (Å²) in [5.41, 5.74) is -1.13. The molecule has 17 heavy (non-hydrogen) atoms. The lowest BCUT2D eigenvalue weighted by Gasteiger charge is -2.23. The molecule has 0 bridgehead atoms. The first-order chi connectivity index (χ1) is 7.92. The maximum absolute atomic E-state index is 12.6. The Kier molecular flexibility index (Phi) is 6.20. The van der Waals surface area contributed by atoms with Gasteiger partial charge in [0.25, 0.3) is 0 Å². The van der Waals surface area contributed by atoms with Gasteiger partial charge in [-0.1, -0.05) is 17.8 Å². The summed E-state index contributed by atoms with van der Waals surface area (Å²) >= 11 is 0. The van der Waals surface area contributed by atoms with Crippen molar-refractivity contribution in [3.05, 3.63) is 0 Å². The number of carbonyl (C=O) groups excluding carboxylic acids is 1. The summed E-state index contributed by atoms with van der Waals surface area (Å²) in [6.07, 6.45) is 15.2. The molecule has 0 fully saturated rings. The molecule has 90 valence electrons. The lowest BCUT2D eigenvalue weighted by Crippen LogP contribution is -2.20. The van der Waals surface area contributed by atoms with E-state index in [1.165, 1.54) is 0 Å². The number of hydrogen-bond donors (Lipinski definition) is 0. The monoisotopic (exact) mass is 250 g/mol. The van der Waals surface area contributed by atoms with Crippen LogP contribution in [0, 0.1) is 37.0 Å².